The van der Waals surface area contributed by atoms with E-state index in [-0.39, 0.29) is 0 Å². The Balaban J connectivity index is 1.46. The maximum absolute atomic E-state index is 4.31. The van der Waals surface area contributed by atoms with Gasteiger partial charge >= 0.3 is 0 Å². The third-order valence-corrected chi connectivity index (χ3v) is 4.18. The lowest BCUT2D eigenvalue weighted by Gasteiger charge is -2.37. The molecule has 0 saturated carbocycles. The van der Waals surface area contributed by atoms with Crippen molar-refractivity contribution < 1.29 is 0 Å². The summed E-state index contributed by atoms with van der Waals surface area (Å²) in [5.74, 6) is 0.714. The molecule has 1 aliphatic heterocycles. The quantitative estimate of drug-likeness (QED) is 0.918. The highest BCUT2D eigenvalue weighted by molar-refractivity contribution is 5.46. The highest BCUT2D eigenvalue weighted by Gasteiger charge is 2.18. The van der Waals surface area contributed by atoms with E-state index in [1.54, 1.807) is 0 Å². The average molecular weight is 311 g/mol. The van der Waals surface area contributed by atoms with E-state index in [4.69, 9.17) is 0 Å². The highest BCUT2D eigenvalue weighted by atomic mass is 15.3. The number of rotatable bonds is 5. The van der Waals surface area contributed by atoms with Gasteiger partial charge in [-0.25, -0.2) is 9.97 Å². The Labute approximate surface area is 138 Å². The van der Waals surface area contributed by atoms with Gasteiger partial charge in [-0.2, -0.15) is 0 Å². The van der Waals surface area contributed by atoms with E-state index in [0.29, 0.717) is 12.0 Å². The van der Waals surface area contributed by atoms with E-state index in [9.17, 15) is 0 Å². The zero-order valence-corrected chi connectivity index (χ0v) is 13.9. The maximum atomic E-state index is 4.31. The zero-order valence-electron chi connectivity index (χ0n) is 13.9. The molecular formula is C18H25N5. The van der Waals surface area contributed by atoms with Crippen molar-refractivity contribution in [3.8, 4) is 0 Å². The molecule has 23 heavy (non-hydrogen) atoms. The van der Waals surface area contributed by atoms with Crippen LogP contribution in [-0.2, 0) is 0 Å². The van der Waals surface area contributed by atoms with Crippen LogP contribution in [0.1, 0.15) is 12.5 Å². The van der Waals surface area contributed by atoms with Gasteiger partial charge in [0.2, 0.25) is 5.95 Å². The van der Waals surface area contributed by atoms with Gasteiger partial charge in [-0.3, -0.25) is 4.90 Å². The molecule has 0 aliphatic carbocycles. The maximum Gasteiger partial charge on any atom is 0.222 e. The molecule has 2 aromatic rings. The van der Waals surface area contributed by atoms with E-state index in [2.05, 4.69) is 62.3 Å². The molecule has 1 aromatic heterocycles. The summed E-state index contributed by atoms with van der Waals surface area (Å²) >= 11 is 0. The molecule has 0 bridgehead atoms. The topological polar surface area (TPSA) is 44.3 Å². The molecule has 1 saturated heterocycles. The van der Waals surface area contributed by atoms with Crippen molar-refractivity contribution in [1.29, 1.82) is 0 Å². The fourth-order valence-electron chi connectivity index (χ4n) is 2.95. The van der Waals surface area contributed by atoms with E-state index in [0.717, 1.165) is 38.3 Å². The predicted octanol–water partition coefficient (Wildman–Crippen LogP) is 2.41. The van der Waals surface area contributed by atoms with Crippen LogP contribution < -0.4 is 10.2 Å². The highest BCUT2D eigenvalue weighted by Crippen LogP contribution is 2.15. The monoisotopic (exact) mass is 311 g/mol. The van der Waals surface area contributed by atoms with Crippen molar-refractivity contribution in [2.75, 3.05) is 42.9 Å². The lowest BCUT2D eigenvalue weighted by atomic mass is 10.2. The van der Waals surface area contributed by atoms with Gasteiger partial charge in [0.15, 0.2) is 0 Å². The number of para-hydroxylation sites is 1. The second-order valence-electron chi connectivity index (χ2n) is 6.25. The van der Waals surface area contributed by atoms with Gasteiger partial charge in [-0.1, -0.05) is 18.2 Å². The number of anilines is 2. The first-order valence-corrected chi connectivity index (χ1v) is 8.28. The van der Waals surface area contributed by atoms with Crippen molar-refractivity contribution in [3.05, 3.63) is 48.3 Å². The summed E-state index contributed by atoms with van der Waals surface area (Å²) in [4.78, 5) is 13.6. The Morgan fingerprint density at radius 3 is 2.35 bits per heavy atom. The lowest BCUT2D eigenvalue weighted by Crippen LogP contribution is -2.49. The first-order chi connectivity index (χ1) is 11.2. The molecule has 5 heteroatoms. The molecule has 5 nitrogen and oxygen atoms in total. The zero-order chi connectivity index (χ0) is 16.1. The summed E-state index contributed by atoms with van der Waals surface area (Å²) in [6.07, 6.45) is 3.70. The van der Waals surface area contributed by atoms with Crippen LogP contribution in [0.25, 0.3) is 0 Å². The number of nitrogens with zero attached hydrogens (tertiary/aromatic N) is 4. The standard InChI is InChI=1S/C18H25N5/c1-15-12-19-18(20-13-15)21-16(2)14-22-8-10-23(11-9-22)17-6-4-3-5-7-17/h3-7,12-13,16H,8-11,14H2,1-2H3,(H,19,20,21). The molecule has 0 radical (unpaired) electrons. The van der Waals surface area contributed by atoms with Crippen LogP contribution in [0.5, 0.6) is 0 Å². The molecule has 0 amide bonds. The fraction of sp³-hybridized carbons (Fsp3) is 0.444. The number of aryl methyl sites for hydroxylation is 1. The van der Waals surface area contributed by atoms with Gasteiger partial charge in [0.1, 0.15) is 0 Å². The summed E-state index contributed by atoms with van der Waals surface area (Å²) in [5.41, 5.74) is 2.41. The van der Waals surface area contributed by atoms with Gasteiger partial charge in [0.25, 0.3) is 0 Å². The first-order valence-electron chi connectivity index (χ1n) is 8.28. The van der Waals surface area contributed by atoms with Crippen molar-refractivity contribution in [2.45, 2.75) is 19.9 Å². The van der Waals surface area contributed by atoms with E-state index in [1.165, 1.54) is 5.69 Å². The van der Waals surface area contributed by atoms with Crippen LogP contribution in [0, 0.1) is 6.92 Å². The summed E-state index contributed by atoms with van der Waals surface area (Å²) in [6, 6.07) is 11.0. The number of piperazine rings is 1. The van der Waals surface area contributed by atoms with E-state index >= 15 is 0 Å². The lowest BCUT2D eigenvalue weighted by molar-refractivity contribution is 0.251. The number of benzene rings is 1. The third-order valence-electron chi connectivity index (χ3n) is 4.18. The molecule has 1 atom stereocenters. The van der Waals surface area contributed by atoms with Gasteiger partial charge in [0, 0.05) is 56.8 Å². The van der Waals surface area contributed by atoms with Crippen LogP contribution in [0.2, 0.25) is 0 Å². The minimum absolute atomic E-state index is 0.334. The van der Waals surface area contributed by atoms with Crippen molar-refractivity contribution in [1.82, 2.24) is 14.9 Å². The Morgan fingerprint density at radius 2 is 1.70 bits per heavy atom. The number of nitrogens with one attached hydrogen (secondary N) is 1. The SMILES string of the molecule is Cc1cnc(NC(C)CN2CCN(c3ccccc3)CC2)nc1. The molecule has 3 rings (SSSR count). The molecule has 0 spiro atoms. The van der Waals surface area contributed by atoms with Crippen LogP contribution in [0.4, 0.5) is 11.6 Å². The molecule has 1 unspecified atom stereocenters. The molecule has 122 valence electrons. The molecule has 1 aliphatic rings. The second kappa shape index (κ2) is 7.42. The minimum atomic E-state index is 0.334. The molecule has 1 fully saturated rings. The number of hydrogen-bond acceptors (Lipinski definition) is 5. The summed E-state index contributed by atoms with van der Waals surface area (Å²) in [5, 5.41) is 3.38. The fourth-order valence-corrected chi connectivity index (χ4v) is 2.95. The van der Waals surface area contributed by atoms with Gasteiger partial charge in [-0.15, -0.1) is 0 Å². The Bertz CT molecular complexity index is 591. The van der Waals surface area contributed by atoms with Crippen LogP contribution in [-0.4, -0.2) is 53.6 Å². The summed E-state index contributed by atoms with van der Waals surface area (Å²) in [6.45, 7) is 9.55. The van der Waals surface area contributed by atoms with E-state index in [1.807, 2.05) is 19.3 Å². The van der Waals surface area contributed by atoms with Crippen molar-refractivity contribution in [3.63, 3.8) is 0 Å². The van der Waals surface area contributed by atoms with Gasteiger partial charge in [-0.05, 0) is 31.5 Å². The van der Waals surface area contributed by atoms with Crippen LogP contribution in [0.3, 0.4) is 0 Å². The summed E-state index contributed by atoms with van der Waals surface area (Å²) in [7, 11) is 0. The number of aromatic nitrogens is 2. The number of hydrogen-bond donors (Lipinski definition) is 1. The summed E-state index contributed by atoms with van der Waals surface area (Å²) < 4.78 is 0. The Morgan fingerprint density at radius 1 is 1.04 bits per heavy atom. The smallest absolute Gasteiger partial charge is 0.222 e. The molecule has 2 heterocycles. The Hall–Kier alpha value is -2.14. The molecule has 1 aromatic carbocycles. The predicted molar refractivity (Wildman–Crippen MR) is 94.9 cm³/mol. The Kier molecular flexibility index (Phi) is 5.08. The average Bonchev–Trinajstić information content (AvgIpc) is 2.58. The minimum Gasteiger partial charge on any atom is -0.369 e. The third kappa shape index (κ3) is 4.42. The molecular weight excluding hydrogens is 286 g/mol. The van der Waals surface area contributed by atoms with E-state index < -0.39 is 0 Å². The van der Waals surface area contributed by atoms with Gasteiger partial charge < -0.3 is 10.2 Å². The van der Waals surface area contributed by atoms with Crippen LogP contribution >= 0.6 is 0 Å². The van der Waals surface area contributed by atoms with Crippen molar-refractivity contribution in [2.24, 2.45) is 0 Å². The molecule has 1 N–H and O–H groups in total. The second-order valence-corrected chi connectivity index (χ2v) is 6.25. The van der Waals surface area contributed by atoms with Crippen molar-refractivity contribution >= 4 is 11.6 Å². The van der Waals surface area contributed by atoms with Gasteiger partial charge in [0.05, 0.1) is 0 Å². The largest absolute Gasteiger partial charge is 0.369 e. The first kappa shape index (κ1) is 15.7. The normalized spacial score (nSPS) is 17.0. The van der Waals surface area contributed by atoms with Crippen LogP contribution in [0.15, 0.2) is 42.7 Å².